The van der Waals surface area contributed by atoms with E-state index in [0.29, 0.717) is 24.9 Å². The molecule has 0 unspecified atom stereocenters. The Labute approximate surface area is 110 Å². The second kappa shape index (κ2) is 6.41. The zero-order valence-electron chi connectivity index (χ0n) is 11.4. The van der Waals surface area contributed by atoms with Crippen molar-refractivity contribution in [2.24, 2.45) is 17.8 Å². The first-order chi connectivity index (χ1) is 8.72. The lowest BCUT2D eigenvalue weighted by molar-refractivity contribution is 0.0767. The van der Waals surface area contributed by atoms with Crippen LogP contribution in [-0.4, -0.2) is 42.3 Å². The molecule has 2 fully saturated rings. The highest BCUT2D eigenvalue weighted by molar-refractivity contribution is 5.75. The Kier molecular flexibility index (Phi) is 4.87. The summed E-state index contributed by atoms with van der Waals surface area (Å²) in [5, 5.41) is 11.9. The lowest BCUT2D eigenvalue weighted by Gasteiger charge is -2.38. The molecule has 2 N–H and O–H groups in total. The third-order valence-electron chi connectivity index (χ3n) is 4.59. The smallest absolute Gasteiger partial charge is 0.317 e. The van der Waals surface area contributed by atoms with Crippen LogP contribution in [0.5, 0.6) is 0 Å². The molecule has 1 saturated carbocycles. The predicted octanol–water partition coefficient (Wildman–Crippen LogP) is 1.84. The van der Waals surface area contributed by atoms with Gasteiger partial charge in [0.25, 0.3) is 0 Å². The van der Waals surface area contributed by atoms with Crippen LogP contribution >= 0.6 is 0 Å². The average Bonchev–Trinajstić information content (AvgIpc) is 2.36. The van der Waals surface area contributed by atoms with Crippen LogP contribution in [0, 0.1) is 17.8 Å². The summed E-state index contributed by atoms with van der Waals surface area (Å²) in [4.78, 5) is 13.6. The van der Waals surface area contributed by atoms with Gasteiger partial charge in [0.15, 0.2) is 0 Å². The second-order valence-electron chi connectivity index (χ2n) is 5.93. The largest absolute Gasteiger partial charge is 0.396 e. The summed E-state index contributed by atoms with van der Waals surface area (Å²) in [5.41, 5.74) is 0. The summed E-state index contributed by atoms with van der Waals surface area (Å²) in [6.07, 6.45) is 6.48. The average molecular weight is 254 g/mol. The minimum atomic E-state index is 0.0531. The molecule has 1 aliphatic heterocycles. The quantitative estimate of drug-likeness (QED) is 0.804. The van der Waals surface area contributed by atoms with Gasteiger partial charge in [0.05, 0.1) is 0 Å². The lowest BCUT2D eigenvalue weighted by atomic mass is 9.81. The maximum atomic E-state index is 11.8. The number of carbonyl (C=O) groups excluding carboxylic acids is 1. The standard InChI is InChI=1S/C14H26N2O2/c1-2-11-3-5-12(6-4-11)7-15-14(18)16-8-13(9-16)10-17/h11-13,17H,2-10H2,1H3,(H,15,18). The molecule has 1 aliphatic carbocycles. The molecule has 0 radical (unpaired) electrons. The minimum Gasteiger partial charge on any atom is -0.396 e. The summed E-state index contributed by atoms with van der Waals surface area (Å²) in [5.74, 6) is 1.89. The molecule has 1 heterocycles. The van der Waals surface area contributed by atoms with Crippen LogP contribution in [0.2, 0.25) is 0 Å². The molecule has 4 heteroatoms. The van der Waals surface area contributed by atoms with Gasteiger partial charge in [-0.1, -0.05) is 26.2 Å². The molecule has 2 rings (SSSR count). The predicted molar refractivity (Wildman–Crippen MR) is 71.3 cm³/mol. The van der Waals surface area contributed by atoms with E-state index in [1.165, 1.54) is 32.1 Å². The first-order valence-corrected chi connectivity index (χ1v) is 7.36. The molecule has 0 spiro atoms. The summed E-state index contributed by atoms with van der Waals surface area (Å²) >= 11 is 0. The van der Waals surface area contributed by atoms with E-state index in [0.717, 1.165) is 12.5 Å². The number of rotatable bonds is 4. The van der Waals surface area contributed by atoms with Crippen molar-refractivity contribution in [3.8, 4) is 0 Å². The number of urea groups is 1. The van der Waals surface area contributed by atoms with Crippen molar-refractivity contribution in [2.75, 3.05) is 26.2 Å². The summed E-state index contributed by atoms with van der Waals surface area (Å²) in [6, 6.07) is 0.0531. The Morgan fingerprint density at radius 3 is 2.33 bits per heavy atom. The van der Waals surface area contributed by atoms with E-state index in [2.05, 4.69) is 12.2 Å². The van der Waals surface area contributed by atoms with Gasteiger partial charge in [-0.3, -0.25) is 0 Å². The highest BCUT2D eigenvalue weighted by Crippen LogP contribution is 2.30. The topological polar surface area (TPSA) is 52.6 Å². The van der Waals surface area contributed by atoms with Gasteiger partial charge in [-0.15, -0.1) is 0 Å². The maximum absolute atomic E-state index is 11.8. The van der Waals surface area contributed by atoms with Gasteiger partial charge in [-0.2, -0.15) is 0 Å². The molecule has 0 aromatic rings. The molecule has 0 atom stereocenters. The highest BCUT2D eigenvalue weighted by atomic mass is 16.3. The molecule has 2 amide bonds. The fraction of sp³-hybridized carbons (Fsp3) is 0.929. The van der Waals surface area contributed by atoms with E-state index < -0.39 is 0 Å². The Bertz CT molecular complexity index is 269. The fourth-order valence-corrected chi connectivity index (χ4v) is 3.04. The van der Waals surface area contributed by atoms with Gasteiger partial charge in [0.2, 0.25) is 0 Å². The Morgan fingerprint density at radius 1 is 1.17 bits per heavy atom. The molecular formula is C14H26N2O2. The van der Waals surface area contributed by atoms with Crippen molar-refractivity contribution in [1.29, 1.82) is 0 Å². The molecule has 4 nitrogen and oxygen atoms in total. The van der Waals surface area contributed by atoms with Crippen LogP contribution in [0.3, 0.4) is 0 Å². The number of hydrogen-bond donors (Lipinski definition) is 2. The first kappa shape index (κ1) is 13.7. The zero-order valence-corrected chi connectivity index (χ0v) is 11.4. The highest BCUT2D eigenvalue weighted by Gasteiger charge is 2.30. The number of likely N-dealkylation sites (tertiary alicyclic amines) is 1. The minimum absolute atomic E-state index is 0.0531. The molecule has 0 aromatic heterocycles. The van der Waals surface area contributed by atoms with E-state index in [1.807, 2.05) is 0 Å². The van der Waals surface area contributed by atoms with Crippen LogP contribution in [0.1, 0.15) is 39.0 Å². The maximum Gasteiger partial charge on any atom is 0.317 e. The van der Waals surface area contributed by atoms with Crippen LogP contribution in [0.4, 0.5) is 4.79 Å². The monoisotopic (exact) mass is 254 g/mol. The normalized spacial score (nSPS) is 28.9. The van der Waals surface area contributed by atoms with Crippen molar-refractivity contribution in [1.82, 2.24) is 10.2 Å². The first-order valence-electron chi connectivity index (χ1n) is 7.36. The Balaban J connectivity index is 1.59. The van der Waals surface area contributed by atoms with E-state index >= 15 is 0 Å². The summed E-state index contributed by atoms with van der Waals surface area (Å²) in [7, 11) is 0. The van der Waals surface area contributed by atoms with Crippen molar-refractivity contribution in [3.05, 3.63) is 0 Å². The summed E-state index contributed by atoms with van der Waals surface area (Å²) in [6.45, 7) is 4.73. The molecule has 0 bridgehead atoms. The number of nitrogens with one attached hydrogen (secondary N) is 1. The summed E-state index contributed by atoms with van der Waals surface area (Å²) < 4.78 is 0. The number of hydrogen-bond acceptors (Lipinski definition) is 2. The molecule has 1 saturated heterocycles. The lowest BCUT2D eigenvalue weighted by Crippen LogP contribution is -2.55. The molecular weight excluding hydrogens is 228 g/mol. The van der Waals surface area contributed by atoms with Crippen molar-refractivity contribution in [3.63, 3.8) is 0 Å². The van der Waals surface area contributed by atoms with E-state index in [9.17, 15) is 4.79 Å². The number of aliphatic hydroxyl groups excluding tert-OH is 1. The molecule has 104 valence electrons. The number of aliphatic hydroxyl groups is 1. The van der Waals surface area contributed by atoms with Gasteiger partial charge in [0.1, 0.15) is 0 Å². The fourth-order valence-electron chi connectivity index (χ4n) is 3.04. The Morgan fingerprint density at radius 2 is 1.78 bits per heavy atom. The van der Waals surface area contributed by atoms with Crippen LogP contribution in [0.15, 0.2) is 0 Å². The van der Waals surface area contributed by atoms with Crippen molar-refractivity contribution < 1.29 is 9.90 Å². The number of carbonyl (C=O) groups is 1. The van der Waals surface area contributed by atoms with Crippen LogP contribution < -0.4 is 5.32 Å². The van der Waals surface area contributed by atoms with E-state index in [4.69, 9.17) is 5.11 Å². The van der Waals surface area contributed by atoms with Gasteiger partial charge >= 0.3 is 6.03 Å². The van der Waals surface area contributed by atoms with Crippen molar-refractivity contribution in [2.45, 2.75) is 39.0 Å². The van der Waals surface area contributed by atoms with E-state index in [1.54, 1.807) is 4.90 Å². The number of amides is 2. The van der Waals surface area contributed by atoms with Gasteiger partial charge in [0, 0.05) is 32.2 Å². The third-order valence-corrected chi connectivity index (χ3v) is 4.59. The Hall–Kier alpha value is -0.770. The van der Waals surface area contributed by atoms with Gasteiger partial charge in [-0.05, 0) is 24.7 Å². The van der Waals surface area contributed by atoms with Crippen molar-refractivity contribution >= 4 is 6.03 Å². The van der Waals surface area contributed by atoms with Gasteiger partial charge in [-0.25, -0.2) is 4.79 Å². The SMILES string of the molecule is CCC1CCC(CNC(=O)N2CC(CO)C2)CC1. The van der Waals surface area contributed by atoms with Gasteiger partial charge < -0.3 is 15.3 Å². The zero-order chi connectivity index (χ0) is 13.0. The van der Waals surface area contributed by atoms with Crippen LogP contribution in [0.25, 0.3) is 0 Å². The third kappa shape index (κ3) is 3.37. The number of nitrogens with zero attached hydrogens (tertiary/aromatic N) is 1. The molecule has 0 aromatic carbocycles. The molecule has 18 heavy (non-hydrogen) atoms. The second-order valence-corrected chi connectivity index (χ2v) is 5.93. The van der Waals surface area contributed by atoms with Crippen LogP contribution in [-0.2, 0) is 0 Å². The van der Waals surface area contributed by atoms with E-state index in [-0.39, 0.29) is 12.6 Å². The molecule has 2 aliphatic rings.